The van der Waals surface area contributed by atoms with E-state index in [1.54, 1.807) is 23.2 Å². The van der Waals surface area contributed by atoms with Gasteiger partial charge in [0.05, 0.1) is 0 Å². The van der Waals surface area contributed by atoms with E-state index in [0.717, 1.165) is 0 Å². The van der Waals surface area contributed by atoms with Crippen molar-refractivity contribution in [2.75, 3.05) is 0 Å². The van der Waals surface area contributed by atoms with Gasteiger partial charge in [0.25, 0.3) is 5.91 Å². The molecule has 0 saturated carbocycles. The van der Waals surface area contributed by atoms with Crippen LogP contribution in [0.2, 0.25) is 0 Å². The van der Waals surface area contributed by atoms with E-state index in [-0.39, 0.29) is 0 Å². The first-order valence-electron chi connectivity index (χ1n) is 3.79. The van der Waals surface area contributed by atoms with Crippen molar-refractivity contribution >= 4 is 17.2 Å². The molecule has 0 unspecified atom stereocenters. The molecule has 0 spiro atoms. The largest absolute Gasteiger partial charge is 0.327 e. The quantitative estimate of drug-likeness (QED) is 0.675. The van der Waals surface area contributed by atoms with Gasteiger partial charge < -0.3 is 4.57 Å². The number of nitrogens with zero attached hydrogens (tertiary/aromatic N) is 2. The number of aryl methyl sites for hydroxylation is 1. The molecule has 0 bridgehead atoms. The molecule has 0 saturated heterocycles. The third-order valence-electron chi connectivity index (χ3n) is 1.47. The first kappa shape index (κ1) is 10.1. The highest BCUT2D eigenvalue weighted by Gasteiger charge is 2.25. The van der Waals surface area contributed by atoms with Crippen molar-refractivity contribution in [2.45, 2.75) is 19.5 Å². The summed E-state index contributed by atoms with van der Waals surface area (Å²) in [5.74, 6) is -0.745. The molecule has 0 N–H and O–H groups in total. The molecule has 0 aliphatic carbocycles. The summed E-state index contributed by atoms with van der Waals surface area (Å²) in [5.41, 5.74) is -1.89. The molecule has 0 atom stereocenters. The summed E-state index contributed by atoms with van der Waals surface area (Å²) in [7, 11) is 1.76. The van der Waals surface area contributed by atoms with Crippen LogP contribution < -0.4 is 4.80 Å². The van der Waals surface area contributed by atoms with Gasteiger partial charge in [0.2, 0.25) is 0 Å². The number of alkyl halides is 1. The van der Waals surface area contributed by atoms with Crippen molar-refractivity contribution in [1.29, 1.82) is 0 Å². The second kappa shape index (κ2) is 3.41. The van der Waals surface area contributed by atoms with E-state index in [1.165, 1.54) is 25.2 Å². The Bertz CT molecular complexity index is 372. The predicted molar refractivity (Wildman–Crippen MR) is 49.0 cm³/mol. The highest BCUT2D eigenvalue weighted by Crippen LogP contribution is 2.09. The minimum absolute atomic E-state index is 0.510. The van der Waals surface area contributed by atoms with Gasteiger partial charge in [-0.25, -0.2) is 4.39 Å². The standard InChI is InChI=1S/C8H11FN2OS/c1-8(2,9)6(12)10-7-11(3)4-5-13-7/h4-5H,1-3H3. The molecule has 3 nitrogen and oxygen atoms in total. The molecule has 0 aliphatic rings. The van der Waals surface area contributed by atoms with Gasteiger partial charge in [-0.3, -0.25) is 4.79 Å². The summed E-state index contributed by atoms with van der Waals surface area (Å²) in [6.07, 6.45) is 1.77. The molecule has 1 aromatic heterocycles. The summed E-state index contributed by atoms with van der Waals surface area (Å²) < 4.78 is 14.7. The Balaban J connectivity index is 3.04. The van der Waals surface area contributed by atoms with E-state index in [2.05, 4.69) is 4.99 Å². The average molecular weight is 202 g/mol. The van der Waals surface area contributed by atoms with Crippen LogP contribution in [0.1, 0.15) is 13.8 Å². The van der Waals surface area contributed by atoms with Crippen molar-refractivity contribution < 1.29 is 9.18 Å². The number of amides is 1. The maximum Gasteiger partial charge on any atom is 0.285 e. The van der Waals surface area contributed by atoms with Crippen LogP contribution in [0.25, 0.3) is 0 Å². The lowest BCUT2D eigenvalue weighted by Gasteiger charge is -2.06. The van der Waals surface area contributed by atoms with Gasteiger partial charge in [0.15, 0.2) is 10.5 Å². The lowest BCUT2D eigenvalue weighted by molar-refractivity contribution is -0.127. The number of rotatable bonds is 1. The van der Waals surface area contributed by atoms with Crippen LogP contribution in [0.4, 0.5) is 4.39 Å². The van der Waals surface area contributed by atoms with Crippen LogP contribution in [0, 0.1) is 0 Å². The fraction of sp³-hybridized carbons (Fsp3) is 0.500. The number of carbonyl (C=O) groups is 1. The van der Waals surface area contributed by atoms with Gasteiger partial charge in [-0.1, -0.05) is 0 Å². The topological polar surface area (TPSA) is 34.4 Å². The molecule has 1 aromatic rings. The Hall–Kier alpha value is -0.970. The highest BCUT2D eigenvalue weighted by molar-refractivity contribution is 7.07. The second-order valence-electron chi connectivity index (χ2n) is 3.19. The summed E-state index contributed by atoms with van der Waals surface area (Å²) in [6.45, 7) is 2.40. The van der Waals surface area contributed by atoms with Crippen LogP contribution in [0.3, 0.4) is 0 Å². The molecule has 13 heavy (non-hydrogen) atoms. The highest BCUT2D eigenvalue weighted by atomic mass is 32.1. The number of halogens is 1. The normalized spacial score (nSPS) is 13.4. The van der Waals surface area contributed by atoms with Gasteiger partial charge in [0, 0.05) is 18.6 Å². The third-order valence-corrected chi connectivity index (χ3v) is 2.31. The third kappa shape index (κ3) is 2.48. The lowest BCUT2D eigenvalue weighted by atomic mass is 10.2. The van der Waals surface area contributed by atoms with Crippen molar-refractivity contribution in [3.05, 3.63) is 16.4 Å². The molecule has 0 fully saturated rings. The molecule has 0 aromatic carbocycles. The van der Waals surface area contributed by atoms with E-state index in [4.69, 9.17) is 0 Å². The number of hydrogen-bond donors (Lipinski definition) is 0. The molecule has 1 rings (SSSR count). The number of hydrogen-bond acceptors (Lipinski definition) is 2. The average Bonchev–Trinajstić information content (AvgIpc) is 2.34. The fourth-order valence-electron chi connectivity index (χ4n) is 0.654. The lowest BCUT2D eigenvalue weighted by Crippen LogP contribution is -2.27. The minimum Gasteiger partial charge on any atom is -0.327 e. The van der Waals surface area contributed by atoms with Gasteiger partial charge in [0.1, 0.15) is 0 Å². The Kier molecular flexibility index (Phi) is 2.66. The molecule has 0 radical (unpaired) electrons. The molecular formula is C8H11FN2OS. The number of carbonyl (C=O) groups excluding carboxylic acids is 1. The van der Waals surface area contributed by atoms with Crippen LogP contribution in [-0.4, -0.2) is 16.1 Å². The summed E-state index contributed by atoms with van der Waals surface area (Å²) in [4.78, 5) is 15.3. The molecular weight excluding hydrogens is 191 g/mol. The Morgan fingerprint density at radius 1 is 1.69 bits per heavy atom. The zero-order valence-electron chi connectivity index (χ0n) is 7.74. The molecule has 0 aliphatic heterocycles. The van der Waals surface area contributed by atoms with Gasteiger partial charge in [-0.05, 0) is 13.8 Å². The Morgan fingerprint density at radius 2 is 2.31 bits per heavy atom. The first-order chi connectivity index (χ1) is 5.91. The van der Waals surface area contributed by atoms with Gasteiger partial charge >= 0.3 is 0 Å². The molecule has 5 heteroatoms. The number of aromatic nitrogens is 1. The van der Waals surface area contributed by atoms with Crippen molar-refractivity contribution in [1.82, 2.24) is 4.57 Å². The SMILES string of the molecule is Cn1ccsc1=NC(=O)C(C)(C)F. The van der Waals surface area contributed by atoms with Crippen LogP contribution in [0.15, 0.2) is 16.6 Å². The first-order valence-corrected chi connectivity index (χ1v) is 4.67. The fourth-order valence-corrected chi connectivity index (χ4v) is 1.38. The van der Waals surface area contributed by atoms with E-state index in [0.29, 0.717) is 4.80 Å². The molecule has 1 heterocycles. The van der Waals surface area contributed by atoms with E-state index < -0.39 is 11.6 Å². The van der Waals surface area contributed by atoms with Crippen LogP contribution in [0.5, 0.6) is 0 Å². The summed E-state index contributed by atoms with van der Waals surface area (Å²) in [6, 6.07) is 0. The van der Waals surface area contributed by atoms with E-state index in [9.17, 15) is 9.18 Å². The Morgan fingerprint density at radius 3 is 2.69 bits per heavy atom. The van der Waals surface area contributed by atoms with E-state index in [1.807, 2.05) is 0 Å². The number of thiazole rings is 1. The maximum atomic E-state index is 13.1. The maximum absolute atomic E-state index is 13.1. The minimum atomic E-state index is -1.89. The van der Waals surface area contributed by atoms with Gasteiger partial charge in [-0.15, -0.1) is 11.3 Å². The zero-order chi connectivity index (χ0) is 10.1. The van der Waals surface area contributed by atoms with Crippen LogP contribution in [-0.2, 0) is 11.8 Å². The smallest absolute Gasteiger partial charge is 0.285 e. The molecule has 1 amide bonds. The van der Waals surface area contributed by atoms with Crippen LogP contribution >= 0.6 is 11.3 Å². The second-order valence-corrected chi connectivity index (χ2v) is 4.06. The summed E-state index contributed by atoms with van der Waals surface area (Å²) in [5, 5.41) is 1.79. The van der Waals surface area contributed by atoms with Gasteiger partial charge in [-0.2, -0.15) is 4.99 Å². The predicted octanol–water partition coefficient (Wildman–Crippen LogP) is 1.26. The van der Waals surface area contributed by atoms with Crippen molar-refractivity contribution in [2.24, 2.45) is 12.0 Å². The zero-order valence-corrected chi connectivity index (χ0v) is 8.56. The van der Waals surface area contributed by atoms with E-state index >= 15 is 0 Å². The molecule has 72 valence electrons. The van der Waals surface area contributed by atoms with Crippen molar-refractivity contribution in [3.8, 4) is 0 Å². The summed E-state index contributed by atoms with van der Waals surface area (Å²) >= 11 is 1.30. The van der Waals surface area contributed by atoms with Crippen molar-refractivity contribution in [3.63, 3.8) is 0 Å². The Labute approximate surface area is 79.5 Å². The monoisotopic (exact) mass is 202 g/mol.